The van der Waals surface area contributed by atoms with Crippen molar-refractivity contribution in [1.29, 1.82) is 0 Å². The maximum Gasteiger partial charge on any atom is 0.163 e. The van der Waals surface area contributed by atoms with Crippen molar-refractivity contribution in [3.05, 3.63) is 66.2 Å². The fourth-order valence-electron chi connectivity index (χ4n) is 2.61. The minimum Gasteiger partial charge on any atom is -0.367 e. The average molecular weight is 316 g/mol. The molecule has 0 saturated heterocycles. The second-order valence-electron chi connectivity index (χ2n) is 6.24. The molecule has 120 valence electrons. The Morgan fingerprint density at radius 1 is 0.875 bits per heavy atom. The molecule has 0 atom stereocenters. The number of benzene rings is 2. The third kappa shape index (κ3) is 3.54. The highest BCUT2D eigenvalue weighted by Crippen LogP contribution is 2.27. The zero-order valence-electron chi connectivity index (χ0n) is 13.7. The second kappa shape index (κ2) is 6.32. The predicted molar refractivity (Wildman–Crippen MR) is 98.6 cm³/mol. The Labute approximate surface area is 142 Å². The van der Waals surface area contributed by atoms with Crippen LogP contribution in [0.2, 0.25) is 0 Å². The second-order valence-corrected chi connectivity index (χ2v) is 6.24. The summed E-state index contributed by atoms with van der Waals surface area (Å²) in [4.78, 5) is 9.37. The average Bonchev–Trinajstić information content (AvgIpc) is 3.39. The summed E-state index contributed by atoms with van der Waals surface area (Å²) < 4.78 is 0. The Morgan fingerprint density at radius 3 is 2.42 bits per heavy atom. The van der Waals surface area contributed by atoms with E-state index in [0.717, 1.165) is 28.7 Å². The lowest BCUT2D eigenvalue weighted by atomic mass is 10.2. The van der Waals surface area contributed by atoms with Gasteiger partial charge in [-0.1, -0.05) is 42.5 Å². The van der Waals surface area contributed by atoms with E-state index >= 15 is 0 Å². The molecule has 4 nitrogen and oxygen atoms in total. The molecule has 1 heterocycles. The SMILES string of the molecule is Cc1cccc(Nc2cc(NC3CC3)nc(-c3ccccc3)n2)c1. The minimum atomic E-state index is 0.551. The molecular formula is C20H20N4. The Balaban J connectivity index is 1.69. The van der Waals surface area contributed by atoms with E-state index in [1.54, 1.807) is 0 Å². The van der Waals surface area contributed by atoms with E-state index < -0.39 is 0 Å². The van der Waals surface area contributed by atoms with Crippen molar-refractivity contribution in [2.45, 2.75) is 25.8 Å². The molecule has 0 spiro atoms. The molecule has 3 aromatic rings. The van der Waals surface area contributed by atoms with Gasteiger partial charge in [-0.15, -0.1) is 0 Å². The van der Waals surface area contributed by atoms with Crippen LogP contribution in [-0.2, 0) is 0 Å². The molecule has 0 radical (unpaired) electrons. The summed E-state index contributed by atoms with van der Waals surface area (Å²) in [6.45, 7) is 2.08. The first-order valence-corrected chi connectivity index (χ1v) is 8.31. The summed E-state index contributed by atoms with van der Waals surface area (Å²) in [6.07, 6.45) is 2.43. The molecule has 0 unspecified atom stereocenters. The van der Waals surface area contributed by atoms with Crippen molar-refractivity contribution >= 4 is 17.3 Å². The maximum absolute atomic E-state index is 4.69. The number of nitrogens with zero attached hydrogens (tertiary/aromatic N) is 2. The quantitative estimate of drug-likeness (QED) is 0.712. The number of anilines is 3. The van der Waals surface area contributed by atoms with E-state index in [1.807, 2.05) is 48.5 Å². The van der Waals surface area contributed by atoms with Gasteiger partial charge in [-0.2, -0.15) is 0 Å². The van der Waals surface area contributed by atoms with Crippen LogP contribution in [-0.4, -0.2) is 16.0 Å². The standard InChI is InChI=1S/C20H20N4/c1-14-6-5-9-17(12-14)22-19-13-18(21-16-10-11-16)23-20(24-19)15-7-3-2-4-8-15/h2-9,12-13,16H,10-11H2,1H3,(H2,21,22,23,24). The van der Waals surface area contributed by atoms with Crippen LogP contribution in [0.1, 0.15) is 18.4 Å². The number of hydrogen-bond acceptors (Lipinski definition) is 4. The van der Waals surface area contributed by atoms with Gasteiger partial charge in [0.15, 0.2) is 5.82 Å². The first kappa shape index (κ1) is 14.7. The van der Waals surface area contributed by atoms with Crippen LogP contribution in [0.3, 0.4) is 0 Å². The van der Waals surface area contributed by atoms with E-state index in [4.69, 9.17) is 4.98 Å². The summed E-state index contributed by atoms with van der Waals surface area (Å²) in [7, 11) is 0. The molecule has 1 aliphatic rings. The highest BCUT2D eigenvalue weighted by atomic mass is 15.1. The highest BCUT2D eigenvalue weighted by molar-refractivity contribution is 5.65. The van der Waals surface area contributed by atoms with Crippen LogP contribution in [0.5, 0.6) is 0 Å². The lowest BCUT2D eigenvalue weighted by molar-refractivity contribution is 1.09. The Kier molecular flexibility index (Phi) is 3.87. The molecule has 2 N–H and O–H groups in total. The Morgan fingerprint density at radius 2 is 1.67 bits per heavy atom. The smallest absolute Gasteiger partial charge is 0.163 e. The maximum atomic E-state index is 4.69. The van der Waals surface area contributed by atoms with Gasteiger partial charge in [0, 0.05) is 23.4 Å². The third-order valence-corrected chi connectivity index (χ3v) is 3.98. The molecule has 4 rings (SSSR count). The van der Waals surface area contributed by atoms with Crippen LogP contribution in [0.4, 0.5) is 17.3 Å². The summed E-state index contributed by atoms with van der Waals surface area (Å²) in [5, 5.41) is 6.87. The minimum absolute atomic E-state index is 0.551. The fourth-order valence-corrected chi connectivity index (χ4v) is 2.61. The van der Waals surface area contributed by atoms with Crippen molar-refractivity contribution in [3.8, 4) is 11.4 Å². The first-order chi connectivity index (χ1) is 11.8. The van der Waals surface area contributed by atoms with Gasteiger partial charge in [-0.25, -0.2) is 9.97 Å². The van der Waals surface area contributed by atoms with Gasteiger partial charge >= 0.3 is 0 Å². The van der Waals surface area contributed by atoms with Crippen LogP contribution in [0.25, 0.3) is 11.4 Å². The van der Waals surface area contributed by atoms with Gasteiger partial charge in [0.05, 0.1) is 0 Å². The van der Waals surface area contributed by atoms with Crippen LogP contribution < -0.4 is 10.6 Å². The molecule has 1 aromatic heterocycles. The monoisotopic (exact) mass is 316 g/mol. The molecule has 1 aliphatic carbocycles. The van der Waals surface area contributed by atoms with E-state index in [9.17, 15) is 0 Å². The van der Waals surface area contributed by atoms with Crippen LogP contribution >= 0.6 is 0 Å². The van der Waals surface area contributed by atoms with Gasteiger partial charge in [-0.05, 0) is 37.5 Å². The van der Waals surface area contributed by atoms with Gasteiger partial charge in [-0.3, -0.25) is 0 Å². The molecule has 0 aliphatic heterocycles. The lowest BCUT2D eigenvalue weighted by Crippen LogP contribution is -2.06. The molecule has 1 fully saturated rings. The van der Waals surface area contributed by atoms with E-state index in [1.165, 1.54) is 18.4 Å². The normalized spacial score (nSPS) is 13.5. The van der Waals surface area contributed by atoms with Crippen molar-refractivity contribution < 1.29 is 0 Å². The third-order valence-electron chi connectivity index (χ3n) is 3.98. The zero-order chi connectivity index (χ0) is 16.4. The fraction of sp³-hybridized carbons (Fsp3) is 0.200. The number of aromatic nitrogens is 2. The van der Waals surface area contributed by atoms with Gasteiger partial charge < -0.3 is 10.6 Å². The van der Waals surface area contributed by atoms with Crippen molar-refractivity contribution in [2.75, 3.05) is 10.6 Å². The van der Waals surface area contributed by atoms with Gasteiger partial charge in [0.1, 0.15) is 11.6 Å². The molecule has 0 amide bonds. The summed E-state index contributed by atoms with van der Waals surface area (Å²) in [6, 6.07) is 20.9. The number of hydrogen-bond donors (Lipinski definition) is 2. The predicted octanol–water partition coefficient (Wildman–Crippen LogP) is 4.77. The van der Waals surface area contributed by atoms with Crippen LogP contribution in [0.15, 0.2) is 60.7 Å². The molecule has 4 heteroatoms. The summed E-state index contributed by atoms with van der Waals surface area (Å²) >= 11 is 0. The molecule has 0 bridgehead atoms. The Hall–Kier alpha value is -2.88. The highest BCUT2D eigenvalue weighted by Gasteiger charge is 2.22. The number of aryl methyl sites for hydroxylation is 1. The van der Waals surface area contributed by atoms with Crippen molar-refractivity contribution in [2.24, 2.45) is 0 Å². The topological polar surface area (TPSA) is 49.8 Å². The number of nitrogens with one attached hydrogen (secondary N) is 2. The van der Waals surface area contributed by atoms with E-state index in [0.29, 0.717) is 6.04 Å². The largest absolute Gasteiger partial charge is 0.367 e. The zero-order valence-corrected chi connectivity index (χ0v) is 13.7. The van der Waals surface area contributed by atoms with Crippen molar-refractivity contribution in [1.82, 2.24) is 9.97 Å². The van der Waals surface area contributed by atoms with Crippen molar-refractivity contribution in [3.63, 3.8) is 0 Å². The summed E-state index contributed by atoms with van der Waals surface area (Å²) in [5.74, 6) is 2.41. The number of rotatable bonds is 5. The molecule has 24 heavy (non-hydrogen) atoms. The summed E-state index contributed by atoms with van der Waals surface area (Å²) in [5.41, 5.74) is 3.27. The van der Waals surface area contributed by atoms with E-state index in [2.05, 4.69) is 34.7 Å². The van der Waals surface area contributed by atoms with Gasteiger partial charge in [0.25, 0.3) is 0 Å². The first-order valence-electron chi connectivity index (χ1n) is 8.31. The van der Waals surface area contributed by atoms with Crippen LogP contribution in [0, 0.1) is 6.92 Å². The molecule has 2 aromatic carbocycles. The molecular weight excluding hydrogens is 296 g/mol. The lowest BCUT2D eigenvalue weighted by Gasteiger charge is -2.11. The molecule has 1 saturated carbocycles. The van der Waals surface area contributed by atoms with Gasteiger partial charge in [0.2, 0.25) is 0 Å². The van der Waals surface area contributed by atoms with E-state index in [-0.39, 0.29) is 0 Å². The Bertz CT molecular complexity index is 841.